The Kier molecular flexibility index (Phi) is 2.29. The molecular formula is C17H20. The Labute approximate surface area is 104 Å². The lowest BCUT2D eigenvalue weighted by molar-refractivity contribution is 0.393. The van der Waals surface area contributed by atoms with E-state index in [0.29, 0.717) is 11.8 Å². The summed E-state index contributed by atoms with van der Waals surface area (Å²) in [5, 5.41) is 0. The Morgan fingerprint density at radius 2 is 1.94 bits per heavy atom. The lowest BCUT2D eigenvalue weighted by Crippen LogP contribution is -2.25. The Hall–Kier alpha value is -1.30. The van der Waals surface area contributed by atoms with Gasteiger partial charge in [-0.25, -0.2) is 0 Å². The summed E-state index contributed by atoms with van der Waals surface area (Å²) in [7, 11) is 0. The summed E-state index contributed by atoms with van der Waals surface area (Å²) in [6, 6.07) is 8.97. The van der Waals surface area contributed by atoms with Gasteiger partial charge in [0.1, 0.15) is 0 Å². The number of fused-ring (bicyclic) bond motifs is 3. The third-order valence-electron chi connectivity index (χ3n) is 4.55. The molecule has 0 aromatic heterocycles. The Morgan fingerprint density at radius 1 is 1.18 bits per heavy atom. The maximum atomic E-state index is 2.48. The first kappa shape index (κ1) is 10.8. The fourth-order valence-corrected chi connectivity index (χ4v) is 3.50. The smallest absolute Gasteiger partial charge is 0.00980 e. The van der Waals surface area contributed by atoms with Crippen molar-refractivity contribution in [3.8, 4) is 0 Å². The number of benzene rings is 1. The Morgan fingerprint density at radius 3 is 2.71 bits per heavy atom. The summed E-state index contributed by atoms with van der Waals surface area (Å²) in [5.41, 5.74) is 4.83. The van der Waals surface area contributed by atoms with Gasteiger partial charge in [0, 0.05) is 5.92 Å². The minimum absolute atomic E-state index is 0.271. The van der Waals surface area contributed by atoms with Gasteiger partial charge < -0.3 is 0 Å². The molecule has 17 heavy (non-hydrogen) atoms. The topological polar surface area (TPSA) is 0 Å². The van der Waals surface area contributed by atoms with Crippen LogP contribution < -0.4 is 0 Å². The van der Waals surface area contributed by atoms with Crippen LogP contribution in [0.4, 0.5) is 0 Å². The highest BCUT2D eigenvalue weighted by atomic mass is 14.5. The monoisotopic (exact) mass is 224 g/mol. The molecule has 0 bridgehead atoms. The van der Waals surface area contributed by atoms with Crippen LogP contribution in [-0.2, 0) is 5.41 Å². The van der Waals surface area contributed by atoms with E-state index in [2.05, 4.69) is 63.3 Å². The predicted octanol–water partition coefficient (Wildman–Crippen LogP) is 4.58. The Balaban J connectivity index is 2.16. The second-order valence-electron chi connectivity index (χ2n) is 5.81. The molecule has 1 aromatic rings. The van der Waals surface area contributed by atoms with E-state index in [1.807, 2.05) is 0 Å². The maximum Gasteiger partial charge on any atom is 0.00980 e. The summed E-state index contributed by atoms with van der Waals surface area (Å²) < 4.78 is 0. The van der Waals surface area contributed by atoms with Gasteiger partial charge in [-0.3, -0.25) is 0 Å². The largest absolute Gasteiger partial charge is 0.0794 e. The van der Waals surface area contributed by atoms with Crippen LogP contribution in [0.5, 0.6) is 0 Å². The molecule has 0 spiro atoms. The van der Waals surface area contributed by atoms with Crippen molar-refractivity contribution in [1.82, 2.24) is 0 Å². The van der Waals surface area contributed by atoms with Gasteiger partial charge in [-0.15, -0.1) is 0 Å². The van der Waals surface area contributed by atoms with Crippen LogP contribution in [0.2, 0.25) is 0 Å². The molecule has 0 amide bonds. The zero-order valence-electron chi connectivity index (χ0n) is 10.9. The number of allylic oxidation sites excluding steroid dienone is 4. The molecular weight excluding hydrogens is 204 g/mol. The van der Waals surface area contributed by atoms with Crippen molar-refractivity contribution in [3.05, 3.63) is 59.2 Å². The first-order valence-electron chi connectivity index (χ1n) is 6.63. The first-order chi connectivity index (χ1) is 8.14. The maximum absolute atomic E-state index is 2.48. The molecule has 0 fully saturated rings. The summed E-state index contributed by atoms with van der Waals surface area (Å²) in [4.78, 5) is 0. The first-order valence-corrected chi connectivity index (χ1v) is 6.63. The highest BCUT2D eigenvalue weighted by Crippen LogP contribution is 2.53. The minimum Gasteiger partial charge on any atom is -0.0794 e. The van der Waals surface area contributed by atoms with Crippen molar-refractivity contribution >= 4 is 0 Å². The fraction of sp³-hybridized carbons (Fsp3) is 0.412. The SMILES string of the molecule is CCC1=CC2c3ccccc3C(C)(C)C2C=C1. The predicted molar refractivity (Wildman–Crippen MR) is 73.2 cm³/mol. The van der Waals surface area contributed by atoms with Gasteiger partial charge in [-0.1, -0.05) is 68.8 Å². The summed E-state index contributed by atoms with van der Waals surface area (Å²) in [6.45, 7) is 7.00. The quantitative estimate of drug-likeness (QED) is 0.655. The Bertz CT molecular complexity index is 503. The third-order valence-corrected chi connectivity index (χ3v) is 4.55. The van der Waals surface area contributed by atoms with E-state index in [1.54, 1.807) is 0 Å². The average molecular weight is 224 g/mol. The second kappa shape index (κ2) is 3.60. The van der Waals surface area contributed by atoms with Gasteiger partial charge in [0.25, 0.3) is 0 Å². The minimum atomic E-state index is 0.271. The van der Waals surface area contributed by atoms with E-state index < -0.39 is 0 Å². The average Bonchev–Trinajstić information content (AvgIpc) is 2.59. The van der Waals surface area contributed by atoms with Crippen molar-refractivity contribution in [3.63, 3.8) is 0 Å². The fourth-order valence-electron chi connectivity index (χ4n) is 3.50. The standard InChI is InChI=1S/C17H20/c1-4-12-9-10-16-14(11-12)13-7-5-6-8-15(13)17(16,2)3/h5-11,14,16H,4H2,1-3H3. The van der Waals surface area contributed by atoms with Gasteiger partial charge in [0.15, 0.2) is 0 Å². The molecule has 2 aliphatic rings. The molecule has 0 nitrogen and oxygen atoms in total. The molecule has 0 heteroatoms. The zero-order valence-corrected chi connectivity index (χ0v) is 10.9. The van der Waals surface area contributed by atoms with E-state index in [1.165, 1.54) is 16.7 Å². The highest BCUT2D eigenvalue weighted by molar-refractivity contribution is 5.50. The molecule has 0 heterocycles. The second-order valence-corrected chi connectivity index (χ2v) is 5.81. The third kappa shape index (κ3) is 1.43. The van der Waals surface area contributed by atoms with Crippen LogP contribution in [0.15, 0.2) is 48.1 Å². The van der Waals surface area contributed by atoms with Crippen LogP contribution in [-0.4, -0.2) is 0 Å². The highest BCUT2D eigenvalue weighted by Gasteiger charge is 2.44. The van der Waals surface area contributed by atoms with E-state index in [4.69, 9.17) is 0 Å². The van der Waals surface area contributed by atoms with Crippen LogP contribution in [0.3, 0.4) is 0 Å². The number of rotatable bonds is 1. The molecule has 88 valence electrons. The molecule has 0 radical (unpaired) electrons. The summed E-state index contributed by atoms with van der Waals surface area (Å²) in [5.74, 6) is 1.23. The lowest BCUT2D eigenvalue weighted by Gasteiger charge is -2.30. The van der Waals surface area contributed by atoms with Gasteiger partial charge in [-0.2, -0.15) is 0 Å². The molecule has 2 unspecified atom stereocenters. The lowest BCUT2D eigenvalue weighted by atomic mass is 9.73. The van der Waals surface area contributed by atoms with Crippen LogP contribution >= 0.6 is 0 Å². The van der Waals surface area contributed by atoms with E-state index in [9.17, 15) is 0 Å². The van der Waals surface area contributed by atoms with Gasteiger partial charge in [0.05, 0.1) is 0 Å². The van der Waals surface area contributed by atoms with Gasteiger partial charge in [0.2, 0.25) is 0 Å². The van der Waals surface area contributed by atoms with E-state index in [-0.39, 0.29) is 5.41 Å². The molecule has 1 aromatic carbocycles. The van der Waals surface area contributed by atoms with Gasteiger partial charge >= 0.3 is 0 Å². The zero-order chi connectivity index (χ0) is 12.0. The molecule has 0 saturated carbocycles. The van der Waals surface area contributed by atoms with Crippen LogP contribution in [0.25, 0.3) is 0 Å². The normalized spacial score (nSPS) is 28.5. The van der Waals surface area contributed by atoms with Crippen molar-refractivity contribution in [2.45, 2.75) is 38.5 Å². The molecule has 0 saturated heterocycles. The van der Waals surface area contributed by atoms with E-state index in [0.717, 1.165) is 6.42 Å². The number of hydrogen-bond donors (Lipinski definition) is 0. The summed E-state index contributed by atoms with van der Waals surface area (Å²) in [6.07, 6.45) is 8.39. The molecule has 0 N–H and O–H groups in total. The van der Waals surface area contributed by atoms with Crippen LogP contribution in [0, 0.1) is 5.92 Å². The molecule has 0 aliphatic heterocycles. The van der Waals surface area contributed by atoms with Crippen molar-refractivity contribution < 1.29 is 0 Å². The summed E-state index contributed by atoms with van der Waals surface area (Å²) >= 11 is 0. The molecule has 2 atom stereocenters. The van der Waals surface area contributed by atoms with Gasteiger partial charge in [-0.05, 0) is 28.9 Å². The van der Waals surface area contributed by atoms with Crippen molar-refractivity contribution in [2.75, 3.05) is 0 Å². The van der Waals surface area contributed by atoms with E-state index >= 15 is 0 Å². The number of hydrogen-bond acceptors (Lipinski definition) is 0. The van der Waals surface area contributed by atoms with Crippen molar-refractivity contribution in [2.24, 2.45) is 5.92 Å². The van der Waals surface area contributed by atoms with Crippen LogP contribution in [0.1, 0.15) is 44.2 Å². The molecule has 2 aliphatic carbocycles. The molecule has 3 rings (SSSR count). The van der Waals surface area contributed by atoms with Crippen molar-refractivity contribution in [1.29, 1.82) is 0 Å².